The molecule has 0 atom stereocenters. The van der Waals surface area contributed by atoms with Crippen molar-refractivity contribution in [1.29, 1.82) is 0 Å². The van der Waals surface area contributed by atoms with Crippen molar-refractivity contribution in [1.82, 2.24) is 0 Å². The number of hydrogen-bond acceptors (Lipinski definition) is 3. The first-order chi connectivity index (χ1) is 10.7. The van der Waals surface area contributed by atoms with Gasteiger partial charge in [-0.3, -0.25) is 0 Å². The molecule has 0 bridgehead atoms. The summed E-state index contributed by atoms with van der Waals surface area (Å²) in [6.45, 7) is 2.61. The van der Waals surface area contributed by atoms with Crippen LogP contribution in [0.3, 0.4) is 0 Å². The minimum atomic E-state index is -0.220. The zero-order chi connectivity index (χ0) is 15.3. The number of ether oxygens (including phenoxy) is 1. The number of furan rings is 1. The Kier molecular flexibility index (Phi) is 3.74. The van der Waals surface area contributed by atoms with E-state index in [1.165, 1.54) is 0 Å². The highest BCUT2D eigenvalue weighted by Crippen LogP contribution is 2.31. The number of aromatic nitrogens is 1. The number of nitrogens with zero attached hydrogens (tertiary/aromatic N) is 1. The van der Waals surface area contributed by atoms with Crippen LogP contribution in [0.15, 0.2) is 40.8 Å². The zero-order valence-corrected chi connectivity index (χ0v) is 13.5. The fraction of sp³-hybridized carbons (Fsp3) is 0.176. The highest BCUT2D eigenvalue weighted by atomic mass is 35.5. The third-order valence-electron chi connectivity index (χ3n) is 4.07. The van der Waals surface area contributed by atoms with Gasteiger partial charge in [0.2, 0.25) is 5.76 Å². The second-order valence-corrected chi connectivity index (χ2v) is 5.36. The summed E-state index contributed by atoms with van der Waals surface area (Å²) >= 11 is 0. The molecule has 5 nitrogen and oxygen atoms in total. The topological polar surface area (TPSA) is 55.4 Å². The number of anilines is 1. The van der Waals surface area contributed by atoms with E-state index in [1.54, 1.807) is 13.2 Å². The molecule has 118 valence electrons. The average molecular weight is 331 g/mol. The molecule has 0 spiro atoms. The lowest BCUT2D eigenvalue weighted by atomic mass is 10.1. The quantitative estimate of drug-likeness (QED) is 0.621. The van der Waals surface area contributed by atoms with Crippen LogP contribution in [0.1, 0.15) is 21.8 Å². The van der Waals surface area contributed by atoms with Crippen LogP contribution >= 0.6 is 0 Å². The van der Waals surface area contributed by atoms with Crippen LogP contribution in [0.5, 0.6) is 5.75 Å². The van der Waals surface area contributed by atoms with E-state index in [9.17, 15) is 4.79 Å². The summed E-state index contributed by atoms with van der Waals surface area (Å²) in [4.78, 5) is 12.5. The summed E-state index contributed by atoms with van der Waals surface area (Å²) in [6.07, 6.45) is 0. The summed E-state index contributed by atoms with van der Waals surface area (Å²) in [5.41, 5.74) is 2.64. The molecule has 4 rings (SSSR count). The standard InChI is InChI=1S/C17H14N2O3.ClH/c1-10-4-3-5-15-18-17(20)16-13(9-19(10)15)12-7-6-11(21-2)8-14(12)22-16;/h3-8H,9H2,1-2H3;1H. The third-order valence-corrected chi connectivity index (χ3v) is 4.07. The number of aryl methyl sites for hydroxylation is 1. The maximum atomic E-state index is 12.5. The van der Waals surface area contributed by atoms with Crippen LogP contribution in [-0.4, -0.2) is 13.0 Å². The van der Waals surface area contributed by atoms with E-state index in [4.69, 9.17) is 9.15 Å². The maximum Gasteiger partial charge on any atom is 0.375 e. The molecule has 1 N–H and O–H groups in total. The van der Waals surface area contributed by atoms with Crippen LogP contribution in [0.25, 0.3) is 11.0 Å². The fourth-order valence-electron chi connectivity index (χ4n) is 2.90. The summed E-state index contributed by atoms with van der Waals surface area (Å²) in [6, 6.07) is 11.5. The van der Waals surface area contributed by atoms with Crippen LogP contribution in [-0.2, 0) is 6.54 Å². The predicted octanol–water partition coefficient (Wildman–Crippen LogP) is -0.345. The summed E-state index contributed by atoms with van der Waals surface area (Å²) < 4.78 is 13.1. The van der Waals surface area contributed by atoms with Crippen molar-refractivity contribution in [3.05, 3.63) is 53.4 Å². The van der Waals surface area contributed by atoms with Crippen molar-refractivity contribution in [2.24, 2.45) is 0 Å². The lowest BCUT2D eigenvalue weighted by Gasteiger charge is -2.05. The van der Waals surface area contributed by atoms with E-state index in [0.29, 0.717) is 23.6 Å². The molecule has 3 aromatic rings. The second kappa shape index (κ2) is 5.59. The Labute approximate surface area is 139 Å². The van der Waals surface area contributed by atoms with Gasteiger partial charge in [0.05, 0.1) is 12.7 Å². The van der Waals surface area contributed by atoms with Crippen molar-refractivity contribution < 1.29 is 30.9 Å². The van der Waals surface area contributed by atoms with Crippen molar-refractivity contribution in [3.8, 4) is 5.75 Å². The number of benzene rings is 1. The van der Waals surface area contributed by atoms with E-state index in [-0.39, 0.29) is 18.3 Å². The maximum absolute atomic E-state index is 12.5. The lowest BCUT2D eigenvalue weighted by molar-refractivity contribution is -0.679. The molecule has 0 saturated carbocycles. The van der Waals surface area contributed by atoms with Gasteiger partial charge in [0.15, 0.2) is 0 Å². The van der Waals surface area contributed by atoms with Gasteiger partial charge >= 0.3 is 5.91 Å². The van der Waals surface area contributed by atoms with Crippen LogP contribution < -0.4 is 27.0 Å². The van der Waals surface area contributed by atoms with Gasteiger partial charge in [-0.25, -0.2) is 14.7 Å². The number of nitrogens with one attached hydrogen (secondary N) is 1. The number of amides is 1. The smallest absolute Gasteiger partial charge is 0.375 e. The van der Waals surface area contributed by atoms with Gasteiger partial charge in [-0.05, 0) is 25.1 Å². The van der Waals surface area contributed by atoms with E-state index in [2.05, 4.69) is 9.88 Å². The highest BCUT2D eigenvalue weighted by Gasteiger charge is 2.31. The van der Waals surface area contributed by atoms with Gasteiger partial charge in [-0.1, -0.05) is 6.07 Å². The molecule has 0 saturated heterocycles. The molecule has 6 heteroatoms. The number of methoxy groups -OCH3 is 1. The fourth-order valence-corrected chi connectivity index (χ4v) is 2.90. The van der Waals surface area contributed by atoms with Crippen molar-refractivity contribution in [3.63, 3.8) is 0 Å². The predicted molar refractivity (Wildman–Crippen MR) is 81.2 cm³/mol. The normalized spacial score (nSPS) is 12.7. The number of pyridine rings is 1. The molecule has 0 unspecified atom stereocenters. The minimum Gasteiger partial charge on any atom is -1.00 e. The summed E-state index contributed by atoms with van der Waals surface area (Å²) in [5, 5.41) is 3.85. The number of carbonyl (C=O) groups is 1. The Hall–Kier alpha value is -2.53. The minimum absolute atomic E-state index is 0. The first-order valence-electron chi connectivity index (χ1n) is 7.07. The Morgan fingerprint density at radius 1 is 1.26 bits per heavy atom. The SMILES string of the molecule is COc1ccc2c3c(oc2c1)C(=O)Nc1cccc(C)[n+]1C3.[Cl-]. The molecule has 1 aliphatic heterocycles. The van der Waals surface area contributed by atoms with E-state index >= 15 is 0 Å². The average Bonchev–Trinajstić information content (AvgIpc) is 2.81. The third kappa shape index (κ3) is 2.33. The van der Waals surface area contributed by atoms with Crippen LogP contribution in [0, 0.1) is 6.92 Å². The van der Waals surface area contributed by atoms with Crippen molar-refractivity contribution in [2.75, 3.05) is 12.4 Å². The Balaban J connectivity index is 0.00000156. The monoisotopic (exact) mass is 330 g/mol. The molecule has 0 radical (unpaired) electrons. The Morgan fingerprint density at radius 3 is 2.87 bits per heavy atom. The number of halogens is 1. The number of hydrogen-bond donors (Lipinski definition) is 1. The Bertz CT molecular complexity index is 918. The van der Waals surface area contributed by atoms with E-state index in [0.717, 1.165) is 22.5 Å². The number of rotatable bonds is 1. The first kappa shape index (κ1) is 15.4. The molecule has 0 fully saturated rings. The largest absolute Gasteiger partial charge is 1.00 e. The summed E-state index contributed by atoms with van der Waals surface area (Å²) in [5.74, 6) is 1.63. The molecular formula is C17H15ClN2O3. The lowest BCUT2D eigenvalue weighted by Crippen LogP contribution is -3.00. The van der Waals surface area contributed by atoms with Gasteiger partial charge in [0.25, 0.3) is 5.82 Å². The highest BCUT2D eigenvalue weighted by molar-refractivity contribution is 6.06. The molecule has 1 aromatic carbocycles. The first-order valence-corrected chi connectivity index (χ1v) is 7.07. The Morgan fingerprint density at radius 2 is 2.09 bits per heavy atom. The van der Waals surface area contributed by atoms with E-state index < -0.39 is 0 Å². The van der Waals surface area contributed by atoms with Gasteiger partial charge in [0.1, 0.15) is 23.6 Å². The molecular weight excluding hydrogens is 316 g/mol. The molecule has 23 heavy (non-hydrogen) atoms. The van der Waals surface area contributed by atoms with Crippen LogP contribution in [0.4, 0.5) is 5.82 Å². The van der Waals surface area contributed by atoms with E-state index in [1.807, 2.05) is 37.3 Å². The van der Waals surface area contributed by atoms with Gasteiger partial charge in [-0.2, -0.15) is 0 Å². The molecule has 3 heterocycles. The molecule has 2 aromatic heterocycles. The summed E-state index contributed by atoms with van der Waals surface area (Å²) in [7, 11) is 1.61. The second-order valence-electron chi connectivity index (χ2n) is 5.36. The van der Waals surface area contributed by atoms with Crippen LogP contribution in [0.2, 0.25) is 0 Å². The number of fused-ring (bicyclic) bond motifs is 4. The zero-order valence-electron chi connectivity index (χ0n) is 12.7. The molecule has 0 aliphatic carbocycles. The molecule has 1 aliphatic rings. The number of carbonyl (C=O) groups excluding carboxylic acids is 1. The van der Waals surface area contributed by atoms with Gasteiger partial charge < -0.3 is 21.6 Å². The van der Waals surface area contributed by atoms with Crippen molar-refractivity contribution >= 4 is 22.7 Å². The van der Waals surface area contributed by atoms with Gasteiger partial charge in [0, 0.05) is 17.5 Å². The van der Waals surface area contributed by atoms with Crippen molar-refractivity contribution in [2.45, 2.75) is 13.5 Å². The van der Waals surface area contributed by atoms with Gasteiger partial charge in [-0.15, -0.1) is 0 Å². The molecule has 1 amide bonds.